The van der Waals surface area contributed by atoms with Crippen LogP contribution in [0.4, 0.5) is 0 Å². The SMILES string of the molecule is O=C(CN1CCC[C@H](NS(=O)(=O)C2CC=C(c3ccon3)S2)C1=O)N1CCCC1. The van der Waals surface area contributed by atoms with Crippen LogP contribution in [-0.2, 0) is 19.6 Å². The van der Waals surface area contributed by atoms with Gasteiger partial charge in [-0.15, -0.1) is 11.8 Å². The molecule has 2 atom stereocenters. The van der Waals surface area contributed by atoms with Crippen molar-refractivity contribution in [2.24, 2.45) is 0 Å². The lowest BCUT2D eigenvalue weighted by molar-refractivity contribution is -0.142. The zero-order valence-corrected chi connectivity index (χ0v) is 17.6. The van der Waals surface area contributed by atoms with Gasteiger partial charge in [0, 0.05) is 30.6 Å². The zero-order chi connectivity index (χ0) is 20.4. The Bertz CT molecular complexity index is 893. The molecule has 2 fully saturated rings. The van der Waals surface area contributed by atoms with Crippen LogP contribution in [-0.4, -0.2) is 72.0 Å². The summed E-state index contributed by atoms with van der Waals surface area (Å²) >= 11 is 1.20. The number of carbonyl (C=O) groups excluding carboxylic acids is 2. The maximum Gasteiger partial charge on any atom is 0.242 e. The number of hydrogen-bond acceptors (Lipinski definition) is 7. The van der Waals surface area contributed by atoms with Crippen molar-refractivity contribution in [1.82, 2.24) is 19.7 Å². The maximum atomic E-state index is 12.8. The van der Waals surface area contributed by atoms with E-state index in [4.69, 9.17) is 4.52 Å². The first kappa shape index (κ1) is 20.4. The van der Waals surface area contributed by atoms with Crippen molar-refractivity contribution in [3.8, 4) is 0 Å². The van der Waals surface area contributed by atoms with Crippen LogP contribution in [0, 0.1) is 0 Å². The summed E-state index contributed by atoms with van der Waals surface area (Å²) in [6.07, 6.45) is 6.67. The van der Waals surface area contributed by atoms with Crippen molar-refractivity contribution in [2.45, 2.75) is 42.7 Å². The highest BCUT2D eigenvalue weighted by atomic mass is 32.3. The number of hydrogen-bond donors (Lipinski definition) is 1. The number of piperidine rings is 1. The minimum Gasteiger partial charge on any atom is -0.364 e. The van der Waals surface area contributed by atoms with Crippen molar-refractivity contribution in [2.75, 3.05) is 26.2 Å². The van der Waals surface area contributed by atoms with Gasteiger partial charge in [0.05, 0.1) is 6.54 Å². The predicted octanol–water partition coefficient (Wildman–Crippen LogP) is 1.01. The Balaban J connectivity index is 1.35. The Morgan fingerprint density at radius 3 is 2.79 bits per heavy atom. The summed E-state index contributed by atoms with van der Waals surface area (Å²) in [4.78, 5) is 29.2. The van der Waals surface area contributed by atoms with Gasteiger partial charge in [0.1, 0.15) is 22.6 Å². The van der Waals surface area contributed by atoms with Crippen LogP contribution in [0.3, 0.4) is 0 Å². The van der Waals surface area contributed by atoms with Gasteiger partial charge in [-0.1, -0.05) is 11.2 Å². The van der Waals surface area contributed by atoms with Gasteiger partial charge in [0.2, 0.25) is 21.8 Å². The second-order valence-electron chi connectivity index (χ2n) is 7.44. The third kappa shape index (κ3) is 4.51. The van der Waals surface area contributed by atoms with E-state index in [0.29, 0.717) is 31.5 Å². The molecule has 0 radical (unpaired) electrons. The predicted molar refractivity (Wildman–Crippen MR) is 108 cm³/mol. The van der Waals surface area contributed by atoms with E-state index in [2.05, 4.69) is 9.88 Å². The second-order valence-corrected chi connectivity index (χ2v) is 10.9. The Labute approximate surface area is 173 Å². The number of thioether (sulfide) groups is 1. The quantitative estimate of drug-likeness (QED) is 0.702. The normalized spacial score (nSPS) is 25.5. The van der Waals surface area contributed by atoms with Crippen LogP contribution in [0.2, 0.25) is 0 Å². The molecule has 0 bridgehead atoms. The van der Waals surface area contributed by atoms with Crippen molar-refractivity contribution in [3.05, 3.63) is 24.1 Å². The van der Waals surface area contributed by atoms with Crippen LogP contribution >= 0.6 is 11.8 Å². The van der Waals surface area contributed by atoms with Gasteiger partial charge in [-0.05, 0) is 32.1 Å². The molecule has 3 aliphatic heterocycles. The fourth-order valence-corrected chi connectivity index (χ4v) is 6.84. The lowest BCUT2D eigenvalue weighted by atomic mass is 10.1. The highest BCUT2D eigenvalue weighted by Crippen LogP contribution is 2.40. The molecule has 4 rings (SSSR count). The molecule has 9 nitrogen and oxygen atoms in total. The van der Waals surface area contributed by atoms with Crippen LogP contribution in [0.1, 0.15) is 37.8 Å². The summed E-state index contributed by atoms with van der Waals surface area (Å²) in [7, 11) is -3.72. The van der Waals surface area contributed by atoms with Gasteiger partial charge in [0.25, 0.3) is 0 Å². The van der Waals surface area contributed by atoms with E-state index in [1.807, 2.05) is 6.08 Å². The molecular weight excluding hydrogens is 416 g/mol. The van der Waals surface area contributed by atoms with Gasteiger partial charge < -0.3 is 14.3 Å². The van der Waals surface area contributed by atoms with Gasteiger partial charge in [-0.3, -0.25) is 9.59 Å². The van der Waals surface area contributed by atoms with Crippen molar-refractivity contribution in [1.29, 1.82) is 0 Å². The average Bonchev–Trinajstić information content (AvgIpc) is 3.46. The third-order valence-electron chi connectivity index (χ3n) is 5.41. The second kappa shape index (κ2) is 8.49. The molecule has 0 aromatic carbocycles. The van der Waals surface area contributed by atoms with E-state index >= 15 is 0 Å². The van der Waals surface area contributed by atoms with Crippen molar-refractivity contribution < 1.29 is 22.5 Å². The minimum absolute atomic E-state index is 0.0209. The maximum absolute atomic E-state index is 12.8. The van der Waals surface area contributed by atoms with E-state index < -0.39 is 20.6 Å². The Morgan fingerprint density at radius 2 is 2.07 bits per heavy atom. The standard InChI is InChI=1S/C18H24N4O5S2/c23-16(21-8-1-2-9-21)12-22-10-3-4-14(18(22)24)20-29(25,26)17-6-5-15(28-17)13-7-11-27-19-13/h5,7,11,14,17,20H,1-4,6,8-10,12H2/t14-,17?/m0/s1. The third-order valence-corrected chi connectivity index (χ3v) is 9.04. The summed E-state index contributed by atoms with van der Waals surface area (Å²) in [5, 5.41) is 3.84. The molecule has 2 amide bonds. The number of nitrogens with one attached hydrogen (secondary N) is 1. The average molecular weight is 441 g/mol. The van der Waals surface area contributed by atoms with Crippen molar-refractivity contribution in [3.63, 3.8) is 0 Å². The first-order valence-corrected chi connectivity index (χ1v) is 12.2. The number of carbonyl (C=O) groups is 2. The number of amides is 2. The van der Waals surface area contributed by atoms with Gasteiger partial charge in [0.15, 0.2) is 0 Å². The number of aromatic nitrogens is 1. The summed E-state index contributed by atoms with van der Waals surface area (Å²) in [5.74, 6) is -0.382. The summed E-state index contributed by atoms with van der Waals surface area (Å²) in [5.41, 5.74) is 0.605. The van der Waals surface area contributed by atoms with Crippen LogP contribution in [0.25, 0.3) is 4.91 Å². The van der Waals surface area contributed by atoms with Gasteiger partial charge in [-0.25, -0.2) is 13.1 Å². The molecule has 0 aliphatic carbocycles. The topological polar surface area (TPSA) is 113 Å². The Hall–Kier alpha value is -1.85. The molecule has 1 N–H and O–H groups in total. The molecule has 4 heterocycles. The van der Waals surface area contributed by atoms with E-state index in [-0.39, 0.29) is 18.4 Å². The number of likely N-dealkylation sites (tertiary alicyclic amines) is 2. The summed E-state index contributed by atoms with van der Waals surface area (Å²) < 4.78 is 32.4. The van der Waals surface area contributed by atoms with E-state index in [1.165, 1.54) is 22.9 Å². The lowest BCUT2D eigenvalue weighted by Gasteiger charge is -2.33. The Kier molecular flexibility index (Phi) is 5.98. The molecule has 1 aromatic heterocycles. The number of rotatable bonds is 6. The smallest absolute Gasteiger partial charge is 0.242 e. The molecule has 158 valence electrons. The van der Waals surface area contributed by atoms with Crippen LogP contribution < -0.4 is 4.72 Å². The highest BCUT2D eigenvalue weighted by Gasteiger charge is 2.38. The van der Waals surface area contributed by atoms with E-state index in [0.717, 1.165) is 30.8 Å². The number of nitrogens with zero attached hydrogens (tertiary/aromatic N) is 3. The van der Waals surface area contributed by atoms with E-state index in [1.54, 1.807) is 11.0 Å². The molecule has 0 spiro atoms. The van der Waals surface area contributed by atoms with Gasteiger partial charge in [-0.2, -0.15) is 0 Å². The lowest BCUT2D eigenvalue weighted by Crippen LogP contribution is -2.55. The fraction of sp³-hybridized carbons (Fsp3) is 0.611. The highest BCUT2D eigenvalue weighted by molar-refractivity contribution is 8.18. The molecule has 1 aromatic rings. The molecule has 29 heavy (non-hydrogen) atoms. The van der Waals surface area contributed by atoms with Crippen LogP contribution in [0.5, 0.6) is 0 Å². The largest absolute Gasteiger partial charge is 0.364 e. The first-order valence-electron chi connectivity index (χ1n) is 9.79. The monoisotopic (exact) mass is 440 g/mol. The molecule has 11 heteroatoms. The Morgan fingerprint density at radius 1 is 1.28 bits per heavy atom. The molecular formula is C18H24N4O5S2. The van der Waals surface area contributed by atoms with Crippen LogP contribution in [0.15, 0.2) is 22.9 Å². The number of sulfonamides is 1. The molecule has 3 aliphatic rings. The summed E-state index contributed by atoms with van der Waals surface area (Å²) in [6, 6.07) is 0.859. The summed E-state index contributed by atoms with van der Waals surface area (Å²) in [6.45, 7) is 1.97. The fourth-order valence-electron chi connectivity index (χ4n) is 3.85. The van der Waals surface area contributed by atoms with Gasteiger partial charge >= 0.3 is 0 Å². The zero-order valence-electron chi connectivity index (χ0n) is 16.0. The first-order chi connectivity index (χ1) is 13.9. The van der Waals surface area contributed by atoms with E-state index in [9.17, 15) is 18.0 Å². The van der Waals surface area contributed by atoms with Crippen molar-refractivity contribution >= 4 is 38.5 Å². The molecule has 2 saturated heterocycles. The molecule has 1 unspecified atom stereocenters. The molecule has 0 saturated carbocycles. The number of allylic oxidation sites excluding steroid dienone is 1. The minimum atomic E-state index is -3.72.